The van der Waals surface area contributed by atoms with Crippen LogP contribution in [0.1, 0.15) is 18.1 Å². The minimum atomic E-state index is 0.737. The Labute approximate surface area is 144 Å². The summed E-state index contributed by atoms with van der Waals surface area (Å²) in [5.41, 5.74) is 2.51. The molecule has 2 rings (SSSR count). The number of rotatable bonds is 8. The Morgan fingerprint density at radius 3 is 2.67 bits per heavy atom. The van der Waals surface area contributed by atoms with Crippen molar-refractivity contribution in [2.75, 3.05) is 33.7 Å². The van der Waals surface area contributed by atoms with Crippen LogP contribution in [0.5, 0.6) is 0 Å². The summed E-state index contributed by atoms with van der Waals surface area (Å²) >= 11 is 0. The van der Waals surface area contributed by atoms with Gasteiger partial charge in [-0.05, 0) is 30.8 Å². The summed E-state index contributed by atoms with van der Waals surface area (Å²) in [5, 5.41) is 11.0. The van der Waals surface area contributed by atoms with E-state index in [4.69, 9.17) is 0 Å². The number of benzene rings is 1. The third-order valence-corrected chi connectivity index (χ3v) is 4.01. The fourth-order valence-electron chi connectivity index (χ4n) is 2.38. The van der Waals surface area contributed by atoms with Gasteiger partial charge in [0.2, 0.25) is 0 Å². The summed E-state index contributed by atoms with van der Waals surface area (Å²) < 4.78 is 1.94. The first kappa shape index (κ1) is 18.0. The predicted octanol–water partition coefficient (Wildman–Crippen LogP) is 1.55. The first-order chi connectivity index (χ1) is 11.7. The fraction of sp³-hybridized carbons (Fsp3) is 0.444. The molecule has 6 heteroatoms. The van der Waals surface area contributed by atoms with E-state index < -0.39 is 0 Å². The van der Waals surface area contributed by atoms with E-state index in [1.54, 1.807) is 13.2 Å². The topological polar surface area (TPSA) is 57.5 Å². The van der Waals surface area contributed by atoms with Gasteiger partial charge in [-0.25, -0.2) is 0 Å². The van der Waals surface area contributed by atoms with Gasteiger partial charge >= 0.3 is 0 Å². The van der Waals surface area contributed by atoms with Crippen molar-refractivity contribution in [2.24, 2.45) is 4.99 Å². The average molecular weight is 328 g/mol. The molecule has 0 radical (unpaired) electrons. The quantitative estimate of drug-likeness (QED) is 0.570. The maximum atomic E-state index is 4.29. The molecule has 0 aliphatic carbocycles. The second-order valence-electron chi connectivity index (χ2n) is 5.72. The molecule has 1 aromatic carbocycles. The van der Waals surface area contributed by atoms with Crippen LogP contribution in [0.4, 0.5) is 0 Å². The predicted molar refractivity (Wildman–Crippen MR) is 99.1 cm³/mol. The average Bonchev–Trinajstić information content (AvgIpc) is 3.12. The van der Waals surface area contributed by atoms with Crippen molar-refractivity contribution < 1.29 is 0 Å². The lowest BCUT2D eigenvalue weighted by molar-refractivity contribution is 0.357. The minimum absolute atomic E-state index is 0.737. The summed E-state index contributed by atoms with van der Waals surface area (Å²) in [6.45, 7) is 6.59. The zero-order valence-electron chi connectivity index (χ0n) is 14.9. The summed E-state index contributed by atoms with van der Waals surface area (Å²) in [5.74, 6) is 0.827. The molecule has 6 nitrogen and oxygen atoms in total. The lowest BCUT2D eigenvalue weighted by Gasteiger charge is -2.17. The summed E-state index contributed by atoms with van der Waals surface area (Å²) in [6.07, 6.45) is 3.79. The van der Waals surface area contributed by atoms with E-state index in [1.807, 2.05) is 16.9 Å². The summed E-state index contributed by atoms with van der Waals surface area (Å²) in [7, 11) is 3.91. The maximum Gasteiger partial charge on any atom is 0.191 e. The first-order valence-electron chi connectivity index (χ1n) is 8.40. The number of hydrogen-bond acceptors (Lipinski definition) is 3. The Kier molecular flexibility index (Phi) is 7.29. The van der Waals surface area contributed by atoms with Crippen LogP contribution in [0.15, 0.2) is 47.7 Å². The van der Waals surface area contributed by atoms with Crippen LogP contribution in [0.3, 0.4) is 0 Å². The summed E-state index contributed by atoms with van der Waals surface area (Å²) in [6, 6.07) is 10.4. The molecule has 0 saturated carbocycles. The van der Waals surface area contributed by atoms with E-state index in [-0.39, 0.29) is 0 Å². The highest BCUT2D eigenvalue weighted by Gasteiger charge is 2.05. The molecule has 0 aliphatic heterocycles. The standard InChI is InChI=1S/C18H28N6/c1-4-23(3)13-11-20-18(19-2)21-14-16-8-5-6-9-17(16)15-24-12-7-10-22-24/h5-10,12H,4,11,13-15H2,1-3H3,(H2,19,20,21). The first-order valence-corrected chi connectivity index (χ1v) is 8.40. The monoisotopic (exact) mass is 328 g/mol. The van der Waals surface area contributed by atoms with Crippen LogP contribution in [-0.4, -0.2) is 54.4 Å². The second kappa shape index (κ2) is 9.72. The molecule has 1 aromatic heterocycles. The Morgan fingerprint density at radius 1 is 1.21 bits per heavy atom. The van der Waals surface area contributed by atoms with Crippen molar-refractivity contribution in [3.63, 3.8) is 0 Å². The third-order valence-electron chi connectivity index (χ3n) is 4.01. The Balaban J connectivity index is 1.88. The lowest BCUT2D eigenvalue weighted by atomic mass is 10.1. The molecular formula is C18H28N6. The lowest BCUT2D eigenvalue weighted by Crippen LogP contribution is -2.40. The van der Waals surface area contributed by atoms with Gasteiger partial charge in [0.1, 0.15) is 0 Å². The van der Waals surface area contributed by atoms with Gasteiger partial charge < -0.3 is 15.5 Å². The van der Waals surface area contributed by atoms with E-state index >= 15 is 0 Å². The number of guanidine groups is 1. The molecule has 130 valence electrons. The largest absolute Gasteiger partial charge is 0.355 e. The van der Waals surface area contributed by atoms with Gasteiger partial charge in [-0.3, -0.25) is 9.67 Å². The SMILES string of the molecule is CCN(C)CCNC(=NC)NCc1ccccc1Cn1cccn1. The van der Waals surface area contributed by atoms with Crippen LogP contribution in [0.25, 0.3) is 0 Å². The van der Waals surface area contributed by atoms with E-state index in [2.05, 4.69) is 63.9 Å². The smallest absolute Gasteiger partial charge is 0.191 e. The highest BCUT2D eigenvalue weighted by Crippen LogP contribution is 2.10. The van der Waals surface area contributed by atoms with E-state index in [9.17, 15) is 0 Å². The number of likely N-dealkylation sites (N-methyl/N-ethyl adjacent to an activating group) is 1. The third kappa shape index (κ3) is 5.70. The highest BCUT2D eigenvalue weighted by molar-refractivity contribution is 5.79. The minimum Gasteiger partial charge on any atom is -0.355 e. The van der Waals surface area contributed by atoms with Gasteiger partial charge in [-0.2, -0.15) is 5.10 Å². The van der Waals surface area contributed by atoms with Crippen LogP contribution < -0.4 is 10.6 Å². The van der Waals surface area contributed by atoms with E-state index in [0.717, 1.165) is 38.7 Å². The second-order valence-corrected chi connectivity index (χ2v) is 5.72. The number of hydrogen-bond donors (Lipinski definition) is 2. The Bertz CT molecular complexity index is 620. The number of nitrogens with one attached hydrogen (secondary N) is 2. The molecule has 0 spiro atoms. The van der Waals surface area contributed by atoms with Gasteiger partial charge in [-0.1, -0.05) is 31.2 Å². The van der Waals surface area contributed by atoms with Crippen molar-refractivity contribution >= 4 is 5.96 Å². The van der Waals surface area contributed by atoms with Gasteiger partial charge in [0.15, 0.2) is 5.96 Å². The zero-order valence-corrected chi connectivity index (χ0v) is 14.9. The molecule has 0 amide bonds. The maximum absolute atomic E-state index is 4.29. The number of aromatic nitrogens is 2. The van der Waals surface area contributed by atoms with Crippen molar-refractivity contribution in [3.05, 3.63) is 53.9 Å². The molecule has 24 heavy (non-hydrogen) atoms. The zero-order chi connectivity index (χ0) is 17.2. The van der Waals surface area contributed by atoms with E-state index in [0.29, 0.717) is 0 Å². The number of aliphatic imine (C=N–C) groups is 1. The number of nitrogens with zero attached hydrogens (tertiary/aromatic N) is 4. The Morgan fingerprint density at radius 2 is 2.00 bits per heavy atom. The van der Waals surface area contributed by atoms with Crippen LogP contribution in [-0.2, 0) is 13.1 Å². The Hall–Kier alpha value is -2.34. The van der Waals surface area contributed by atoms with Crippen LogP contribution in [0.2, 0.25) is 0 Å². The molecule has 0 atom stereocenters. The van der Waals surface area contributed by atoms with Crippen molar-refractivity contribution in [1.29, 1.82) is 0 Å². The fourth-order valence-corrected chi connectivity index (χ4v) is 2.38. The van der Waals surface area contributed by atoms with Crippen LogP contribution >= 0.6 is 0 Å². The molecule has 0 bridgehead atoms. The van der Waals surface area contributed by atoms with Crippen molar-refractivity contribution in [2.45, 2.75) is 20.0 Å². The molecule has 0 saturated heterocycles. The molecule has 2 N–H and O–H groups in total. The van der Waals surface area contributed by atoms with Gasteiger partial charge in [-0.15, -0.1) is 0 Å². The van der Waals surface area contributed by atoms with Crippen LogP contribution in [0, 0.1) is 0 Å². The van der Waals surface area contributed by atoms with Gasteiger partial charge in [0, 0.05) is 39.1 Å². The normalized spacial score (nSPS) is 11.8. The molecule has 0 fully saturated rings. The van der Waals surface area contributed by atoms with Crippen molar-refractivity contribution in [1.82, 2.24) is 25.3 Å². The highest BCUT2D eigenvalue weighted by atomic mass is 15.3. The van der Waals surface area contributed by atoms with Crippen molar-refractivity contribution in [3.8, 4) is 0 Å². The molecule has 0 unspecified atom stereocenters. The van der Waals surface area contributed by atoms with Gasteiger partial charge in [0.25, 0.3) is 0 Å². The summed E-state index contributed by atoms with van der Waals surface area (Å²) in [4.78, 5) is 6.55. The molecule has 1 heterocycles. The van der Waals surface area contributed by atoms with E-state index in [1.165, 1.54) is 11.1 Å². The van der Waals surface area contributed by atoms with Gasteiger partial charge in [0.05, 0.1) is 6.54 Å². The molecule has 0 aliphatic rings. The molecular weight excluding hydrogens is 300 g/mol. The molecule has 2 aromatic rings.